The number of rotatable bonds is 14. The van der Waals surface area contributed by atoms with Crippen molar-refractivity contribution in [2.45, 2.75) is 82.7 Å². The SMILES string of the molecule is C=CCCCCOC(=O)[C@@H]1[C@H]2C(=O)N([C@@H](CO)C(C)C)C(C(=O)N(CC=C)Cc3ccccc3)C23CC[C@@]1(C)O3. The Bertz CT molecular complexity index is 1110. The number of amides is 2. The third-order valence-electron chi connectivity index (χ3n) is 8.94. The van der Waals surface area contributed by atoms with E-state index in [1.165, 1.54) is 4.90 Å². The number of aliphatic hydroxyl groups excluding tert-OH is 1. The monoisotopic (exact) mass is 552 g/mol. The molecule has 1 aromatic rings. The molecule has 6 atom stereocenters. The maximum atomic E-state index is 14.5. The van der Waals surface area contributed by atoms with Gasteiger partial charge < -0.3 is 24.4 Å². The molecule has 0 saturated carbocycles. The number of hydrogen-bond acceptors (Lipinski definition) is 6. The molecule has 3 heterocycles. The van der Waals surface area contributed by atoms with Crippen LogP contribution in [0.4, 0.5) is 0 Å². The first-order valence-electron chi connectivity index (χ1n) is 14.5. The highest BCUT2D eigenvalue weighted by atomic mass is 16.6. The number of benzene rings is 1. The molecule has 8 nitrogen and oxygen atoms in total. The molecular weight excluding hydrogens is 508 g/mol. The molecule has 2 unspecified atom stereocenters. The topological polar surface area (TPSA) is 96.4 Å². The maximum absolute atomic E-state index is 14.5. The number of fused-ring (bicyclic) bond motifs is 1. The average molecular weight is 553 g/mol. The van der Waals surface area contributed by atoms with Crippen molar-refractivity contribution in [3.8, 4) is 0 Å². The van der Waals surface area contributed by atoms with Crippen molar-refractivity contribution in [3.63, 3.8) is 0 Å². The third-order valence-corrected chi connectivity index (χ3v) is 8.94. The second kappa shape index (κ2) is 12.3. The molecule has 3 fully saturated rings. The van der Waals surface area contributed by atoms with Crippen molar-refractivity contribution in [2.24, 2.45) is 17.8 Å². The van der Waals surface area contributed by atoms with Crippen LogP contribution in [0, 0.1) is 17.8 Å². The normalized spacial score (nSPS) is 29.4. The van der Waals surface area contributed by atoms with E-state index >= 15 is 0 Å². The van der Waals surface area contributed by atoms with Gasteiger partial charge in [-0.2, -0.15) is 0 Å². The predicted molar refractivity (Wildman–Crippen MR) is 152 cm³/mol. The molecule has 2 bridgehead atoms. The zero-order valence-electron chi connectivity index (χ0n) is 24.1. The smallest absolute Gasteiger partial charge is 0.312 e. The zero-order valence-corrected chi connectivity index (χ0v) is 24.1. The average Bonchev–Trinajstić information content (AvgIpc) is 3.50. The van der Waals surface area contributed by atoms with Crippen molar-refractivity contribution >= 4 is 17.8 Å². The molecule has 8 heteroatoms. The lowest BCUT2D eigenvalue weighted by atomic mass is 9.66. The van der Waals surface area contributed by atoms with Gasteiger partial charge in [-0.05, 0) is 50.5 Å². The van der Waals surface area contributed by atoms with Gasteiger partial charge in [0.2, 0.25) is 11.8 Å². The van der Waals surface area contributed by atoms with Crippen molar-refractivity contribution in [3.05, 3.63) is 61.2 Å². The fourth-order valence-electron chi connectivity index (χ4n) is 7.00. The molecule has 40 heavy (non-hydrogen) atoms. The second-order valence-electron chi connectivity index (χ2n) is 11.9. The molecule has 3 saturated heterocycles. The largest absolute Gasteiger partial charge is 0.465 e. The van der Waals surface area contributed by atoms with Gasteiger partial charge in [-0.3, -0.25) is 14.4 Å². The lowest BCUT2D eigenvalue weighted by molar-refractivity contribution is -0.162. The number of unbranched alkanes of at least 4 members (excludes halogenated alkanes) is 2. The van der Waals surface area contributed by atoms with Crippen molar-refractivity contribution in [1.29, 1.82) is 0 Å². The van der Waals surface area contributed by atoms with Crippen LogP contribution in [0.5, 0.6) is 0 Å². The number of allylic oxidation sites excluding steroid dienone is 1. The van der Waals surface area contributed by atoms with E-state index in [4.69, 9.17) is 9.47 Å². The van der Waals surface area contributed by atoms with Crippen LogP contribution in [0.2, 0.25) is 0 Å². The van der Waals surface area contributed by atoms with Crippen LogP contribution in [0.15, 0.2) is 55.6 Å². The molecule has 218 valence electrons. The van der Waals surface area contributed by atoms with E-state index < -0.39 is 41.1 Å². The van der Waals surface area contributed by atoms with Crippen LogP contribution in [0.25, 0.3) is 0 Å². The van der Waals surface area contributed by atoms with Crippen LogP contribution in [0.1, 0.15) is 58.4 Å². The molecule has 0 aromatic heterocycles. The molecule has 3 aliphatic heterocycles. The minimum atomic E-state index is -1.17. The Kier molecular flexibility index (Phi) is 9.20. The lowest BCUT2D eigenvalue weighted by Gasteiger charge is -2.40. The number of nitrogens with zero attached hydrogens (tertiary/aromatic N) is 2. The Hall–Kier alpha value is -2.97. The fraction of sp³-hybridized carbons (Fsp3) is 0.594. The number of carbonyl (C=O) groups excluding carboxylic acids is 3. The molecular formula is C32H44N2O6. The Morgan fingerprint density at radius 3 is 2.55 bits per heavy atom. The van der Waals surface area contributed by atoms with Gasteiger partial charge in [0.1, 0.15) is 17.6 Å². The minimum absolute atomic E-state index is 0.121. The van der Waals surface area contributed by atoms with E-state index in [9.17, 15) is 19.5 Å². The summed E-state index contributed by atoms with van der Waals surface area (Å²) in [5, 5.41) is 10.4. The Morgan fingerprint density at radius 2 is 1.93 bits per heavy atom. The lowest BCUT2D eigenvalue weighted by Crippen LogP contribution is -2.59. The molecule has 1 spiro atoms. The van der Waals surface area contributed by atoms with E-state index in [-0.39, 0.29) is 37.5 Å². The number of ether oxygens (including phenoxy) is 2. The Balaban J connectivity index is 1.71. The molecule has 1 N–H and O–H groups in total. The van der Waals surface area contributed by atoms with Gasteiger partial charge in [0, 0.05) is 13.1 Å². The van der Waals surface area contributed by atoms with Crippen LogP contribution < -0.4 is 0 Å². The number of hydrogen-bond donors (Lipinski definition) is 1. The summed E-state index contributed by atoms with van der Waals surface area (Å²) in [5.74, 6) is -2.82. The van der Waals surface area contributed by atoms with E-state index in [0.29, 0.717) is 25.8 Å². The summed E-state index contributed by atoms with van der Waals surface area (Å²) < 4.78 is 12.4. The molecule has 2 amide bonds. The zero-order chi connectivity index (χ0) is 29.1. The third kappa shape index (κ3) is 5.23. The minimum Gasteiger partial charge on any atom is -0.465 e. The standard InChI is InChI=1S/C32H44N2O6/c1-6-8-9-13-19-39-30(38)26-25-28(36)34(24(21-35)22(3)4)27(32(25)17-16-31(26,5)40-32)29(37)33(18-7-2)20-23-14-11-10-12-15-23/h6-7,10-12,14-15,22,24-27,35H,1-2,8-9,13,16-21H2,3-5H3/t24-,25-,26-,27?,31+,32?/m0/s1. The highest BCUT2D eigenvalue weighted by Crippen LogP contribution is 2.64. The van der Waals surface area contributed by atoms with Crippen LogP contribution in [-0.2, 0) is 30.4 Å². The van der Waals surface area contributed by atoms with Crippen molar-refractivity contribution < 1.29 is 29.0 Å². The van der Waals surface area contributed by atoms with E-state index in [0.717, 1.165) is 18.4 Å². The quantitative estimate of drug-likeness (QED) is 0.214. The Labute approximate surface area is 238 Å². The van der Waals surface area contributed by atoms with Crippen LogP contribution in [0.3, 0.4) is 0 Å². The summed E-state index contributed by atoms with van der Waals surface area (Å²) in [5.41, 5.74) is -1.13. The van der Waals surface area contributed by atoms with Gasteiger partial charge in [0.05, 0.1) is 30.8 Å². The number of aliphatic hydroxyl groups is 1. The number of esters is 1. The summed E-state index contributed by atoms with van der Waals surface area (Å²) in [6.07, 6.45) is 6.92. The number of carbonyl (C=O) groups is 3. The highest BCUT2D eigenvalue weighted by Gasteiger charge is 2.79. The Morgan fingerprint density at radius 1 is 1.20 bits per heavy atom. The predicted octanol–water partition coefficient (Wildman–Crippen LogP) is 3.88. The summed E-state index contributed by atoms with van der Waals surface area (Å²) >= 11 is 0. The fourth-order valence-corrected chi connectivity index (χ4v) is 7.00. The van der Waals surface area contributed by atoms with E-state index in [1.807, 2.05) is 57.2 Å². The first-order valence-corrected chi connectivity index (χ1v) is 14.5. The molecule has 0 radical (unpaired) electrons. The summed E-state index contributed by atoms with van der Waals surface area (Å²) in [6.45, 7) is 13.9. The first-order chi connectivity index (χ1) is 19.1. The maximum Gasteiger partial charge on any atom is 0.312 e. The number of likely N-dealkylation sites (tertiary alicyclic amines) is 1. The summed E-state index contributed by atoms with van der Waals surface area (Å²) in [7, 11) is 0. The van der Waals surface area contributed by atoms with Gasteiger partial charge >= 0.3 is 5.97 Å². The molecule has 0 aliphatic carbocycles. The summed E-state index contributed by atoms with van der Waals surface area (Å²) in [6, 6.07) is 8.09. The first kappa shape index (κ1) is 30.0. The van der Waals surface area contributed by atoms with Crippen molar-refractivity contribution in [1.82, 2.24) is 9.80 Å². The van der Waals surface area contributed by atoms with E-state index in [1.54, 1.807) is 11.0 Å². The van der Waals surface area contributed by atoms with Crippen LogP contribution >= 0.6 is 0 Å². The highest BCUT2D eigenvalue weighted by molar-refractivity contribution is 5.98. The van der Waals surface area contributed by atoms with E-state index in [2.05, 4.69) is 13.2 Å². The summed E-state index contributed by atoms with van der Waals surface area (Å²) in [4.78, 5) is 45.6. The molecule has 1 aromatic carbocycles. The molecule has 4 rings (SSSR count). The van der Waals surface area contributed by atoms with Gasteiger partial charge in [-0.25, -0.2) is 0 Å². The van der Waals surface area contributed by atoms with Gasteiger partial charge in [-0.1, -0.05) is 56.3 Å². The molecule has 3 aliphatic rings. The van der Waals surface area contributed by atoms with Crippen molar-refractivity contribution in [2.75, 3.05) is 19.8 Å². The van der Waals surface area contributed by atoms with Gasteiger partial charge in [0.25, 0.3) is 0 Å². The second-order valence-corrected chi connectivity index (χ2v) is 11.9. The van der Waals surface area contributed by atoms with Crippen LogP contribution in [-0.4, -0.2) is 75.7 Å². The van der Waals surface area contributed by atoms with Gasteiger partial charge in [-0.15, -0.1) is 13.2 Å². The van der Waals surface area contributed by atoms with Gasteiger partial charge in [0.15, 0.2) is 0 Å².